The standard InChI is InChI=1S/C5H13NO2.CH4O3S/c6-5(4-8)2-1-3-7;1-5(2,3)4/h5,7-8H,1-4,6H2;1H3,(H,2,3,4). The van der Waals surface area contributed by atoms with Crippen molar-refractivity contribution < 1.29 is 23.2 Å². The van der Waals surface area contributed by atoms with Crippen LogP contribution >= 0.6 is 0 Å². The second-order valence-electron chi connectivity index (χ2n) is 2.54. The molecule has 6 nitrogen and oxygen atoms in total. The molecule has 0 radical (unpaired) electrons. The van der Waals surface area contributed by atoms with E-state index in [0.717, 1.165) is 0 Å². The molecule has 0 saturated carbocycles. The molecule has 0 aromatic heterocycles. The molecule has 0 aromatic carbocycles. The molecule has 0 amide bonds. The SMILES string of the molecule is CS(=O)(=O)O.NC(CO)CCCO. The van der Waals surface area contributed by atoms with Crippen molar-refractivity contribution in [2.45, 2.75) is 18.9 Å². The number of hydrogen-bond acceptors (Lipinski definition) is 5. The Labute approximate surface area is 78.1 Å². The molecule has 0 aliphatic heterocycles. The van der Waals surface area contributed by atoms with Gasteiger partial charge in [0, 0.05) is 12.6 Å². The average molecular weight is 215 g/mol. The molecular weight excluding hydrogens is 198 g/mol. The first kappa shape index (κ1) is 15.3. The number of hydrogen-bond donors (Lipinski definition) is 4. The van der Waals surface area contributed by atoms with Crippen LogP contribution in [0.5, 0.6) is 0 Å². The lowest BCUT2D eigenvalue weighted by Crippen LogP contribution is -2.24. The van der Waals surface area contributed by atoms with Crippen molar-refractivity contribution in [2.75, 3.05) is 19.5 Å². The topological polar surface area (TPSA) is 121 Å². The summed E-state index contributed by atoms with van der Waals surface area (Å²) in [6, 6.07) is -0.151. The van der Waals surface area contributed by atoms with Crippen LogP contribution in [0.15, 0.2) is 0 Å². The zero-order chi connectivity index (χ0) is 10.9. The lowest BCUT2D eigenvalue weighted by atomic mass is 10.2. The van der Waals surface area contributed by atoms with Crippen LogP contribution in [0.25, 0.3) is 0 Å². The zero-order valence-electron chi connectivity index (χ0n) is 7.55. The zero-order valence-corrected chi connectivity index (χ0v) is 8.37. The average Bonchev–Trinajstić information content (AvgIpc) is 1.97. The lowest BCUT2D eigenvalue weighted by molar-refractivity contribution is 0.238. The van der Waals surface area contributed by atoms with E-state index in [-0.39, 0.29) is 19.3 Å². The van der Waals surface area contributed by atoms with E-state index in [1.807, 2.05) is 0 Å². The van der Waals surface area contributed by atoms with Gasteiger partial charge < -0.3 is 15.9 Å². The van der Waals surface area contributed by atoms with Crippen LogP contribution in [0.3, 0.4) is 0 Å². The molecule has 0 aliphatic carbocycles. The number of rotatable bonds is 4. The van der Waals surface area contributed by atoms with Gasteiger partial charge in [-0.05, 0) is 12.8 Å². The molecule has 0 bridgehead atoms. The van der Waals surface area contributed by atoms with Crippen molar-refractivity contribution in [1.82, 2.24) is 0 Å². The molecule has 0 fully saturated rings. The fraction of sp³-hybridized carbons (Fsp3) is 1.00. The summed E-state index contributed by atoms with van der Waals surface area (Å²) in [5.41, 5.74) is 5.30. The van der Waals surface area contributed by atoms with Crippen molar-refractivity contribution in [2.24, 2.45) is 5.73 Å². The molecule has 82 valence electrons. The van der Waals surface area contributed by atoms with Gasteiger partial charge in [0.15, 0.2) is 0 Å². The first-order valence-corrected chi connectivity index (χ1v) is 5.55. The highest BCUT2D eigenvalue weighted by Gasteiger charge is 1.96. The van der Waals surface area contributed by atoms with Gasteiger partial charge in [-0.1, -0.05) is 0 Å². The molecule has 7 heteroatoms. The van der Waals surface area contributed by atoms with Crippen LogP contribution < -0.4 is 5.73 Å². The molecule has 1 atom stereocenters. The largest absolute Gasteiger partial charge is 0.396 e. The van der Waals surface area contributed by atoms with Crippen molar-refractivity contribution in [3.63, 3.8) is 0 Å². The highest BCUT2D eigenvalue weighted by atomic mass is 32.2. The summed E-state index contributed by atoms with van der Waals surface area (Å²) >= 11 is 0. The highest BCUT2D eigenvalue weighted by molar-refractivity contribution is 7.85. The maximum atomic E-state index is 9.19. The van der Waals surface area contributed by atoms with Gasteiger partial charge in [0.05, 0.1) is 12.9 Å². The third-order valence-corrected chi connectivity index (χ3v) is 0.968. The monoisotopic (exact) mass is 215 g/mol. The van der Waals surface area contributed by atoms with Crippen molar-refractivity contribution in [1.29, 1.82) is 0 Å². The minimum Gasteiger partial charge on any atom is -0.396 e. The summed E-state index contributed by atoms with van der Waals surface area (Å²) in [6.07, 6.45) is 2.10. The first-order chi connectivity index (χ1) is 5.81. The van der Waals surface area contributed by atoms with Crippen LogP contribution in [0, 0.1) is 0 Å². The Balaban J connectivity index is 0. The van der Waals surface area contributed by atoms with Gasteiger partial charge in [-0.2, -0.15) is 8.42 Å². The maximum absolute atomic E-state index is 9.19. The molecule has 5 N–H and O–H groups in total. The summed E-state index contributed by atoms with van der Waals surface area (Å²) in [4.78, 5) is 0. The highest BCUT2D eigenvalue weighted by Crippen LogP contribution is 1.90. The minimum atomic E-state index is -3.67. The first-order valence-electron chi connectivity index (χ1n) is 3.71. The number of aliphatic hydroxyl groups excluding tert-OH is 2. The van der Waals surface area contributed by atoms with Crippen LogP contribution in [0.2, 0.25) is 0 Å². The summed E-state index contributed by atoms with van der Waals surface area (Å²) in [5, 5.41) is 16.6. The van der Waals surface area contributed by atoms with Crippen LogP contribution in [0.1, 0.15) is 12.8 Å². The summed E-state index contributed by atoms with van der Waals surface area (Å²) in [5.74, 6) is 0. The summed E-state index contributed by atoms with van der Waals surface area (Å²) in [6.45, 7) is 0.174. The van der Waals surface area contributed by atoms with E-state index < -0.39 is 10.1 Å². The fourth-order valence-corrected chi connectivity index (χ4v) is 0.445. The predicted octanol–water partition coefficient (Wildman–Crippen LogP) is -1.42. The van der Waals surface area contributed by atoms with Gasteiger partial charge >= 0.3 is 0 Å². The quantitative estimate of drug-likeness (QED) is 0.427. The Morgan fingerprint density at radius 1 is 1.38 bits per heavy atom. The van der Waals surface area contributed by atoms with Gasteiger partial charge in [-0.25, -0.2) is 0 Å². The van der Waals surface area contributed by atoms with E-state index in [4.69, 9.17) is 20.5 Å². The van der Waals surface area contributed by atoms with E-state index in [1.165, 1.54) is 0 Å². The Hall–Kier alpha value is -0.210. The molecule has 1 unspecified atom stereocenters. The van der Waals surface area contributed by atoms with Gasteiger partial charge in [-0.15, -0.1) is 0 Å². The Morgan fingerprint density at radius 2 is 1.77 bits per heavy atom. The fourth-order valence-electron chi connectivity index (χ4n) is 0.445. The molecule has 0 heterocycles. The van der Waals surface area contributed by atoms with Gasteiger partial charge in [-0.3, -0.25) is 4.55 Å². The minimum absolute atomic E-state index is 0.0139. The van der Waals surface area contributed by atoms with E-state index >= 15 is 0 Å². The van der Waals surface area contributed by atoms with Gasteiger partial charge in [0.2, 0.25) is 0 Å². The normalized spacial score (nSPS) is 13.0. The predicted molar refractivity (Wildman–Crippen MR) is 48.9 cm³/mol. The Bertz CT molecular complexity index is 183. The van der Waals surface area contributed by atoms with Crippen LogP contribution in [0.4, 0.5) is 0 Å². The van der Waals surface area contributed by atoms with E-state index in [0.29, 0.717) is 19.1 Å². The maximum Gasteiger partial charge on any atom is 0.261 e. The Morgan fingerprint density at radius 3 is 2.00 bits per heavy atom. The van der Waals surface area contributed by atoms with E-state index in [1.54, 1.807) is 0 Å². The molecule has 0 rings (SSSR count). The van der Waals surface area contributed by atoms with Crippen molar-refractivity contribution >= 4 is 10.1 Å². The second kappa shape index (κ2) is 8.39. The second-order valence-corrected chi connectivity index (χ2v) is 4.01. The van der Waals surface area contributed by atoms with Crippen LogP contribution in [-0.4, -0.2) is 48.7 Å². The summed E-state index contributed by atoms with van der Waals surface area (Å²) in [7, 11) is -3.67. The van der Waals surface area contributed by atoms with E-state index in [2.05, 4.69) is 0 Å². The van der Waals surface area contributed by atoms with Crippen LogP contribution in [-0.2, 0) is 10.1 Å². The van der Waals surface area contributed by atoms with Gasteiger partial charge in [0.1, 0.15) is 0 Å². The van der Waals surface area contributed by atoms with Crippen molar-refractivity contribution in [3.8, 4) is 0 Å². The lowest BCUT2D eigenvalue weighted by Gasteiger charge is -2.03. The Kier molecular flexibility index (Phi) is 9.86. The smallest absolute Gasteiger partial charge is 0.261 e. The molecule has 0 saturated heterocycles. The molecule has 0 spiro atoms. The molecular formula is C6H17NO5S. The number of nitrogens with two attached hydrogens (primary N) is 1. The molecule has 13 heavy (non-hydrogen) atoms. The molecule has 0 aliphatic rings. The molecule has 0 aromatic rings. The third-order valence-electron chi connectivity index (χ3n) is 0.968. The van der Waals surface area contributed by atoms with E-state index in [9.17, 15) is 8.42 Å². The van der Waals surface area contributed by atoms with Gasteiger partial charge in [0.25, 0.3) is 10.1 Å². The summed E-state index contributed by atoms with van der Waals surface area (Å²) < 4.78 is 25.9. The number of aliphatic hydroxyl groups is 2. The van der Waals surface area contributed by atoms with Crippen molar-refractivity contribution in [3.05, 3.63) is 0 Å². The third kappa shape index (κ3) is 33.7.